The van der Waals surface area contributed by atoms with Crippen LogP contribution >= 0.6 is 0 Å². The SMILES string of the molecule is O=[C-]C(Cc1ccccc1)Cc1ccccc1.O=[C-]C(Cc1ccccc1)Cc1ccccc1.[Pd+2]. The van der Waals surface area contributed by atoms with E-state index in [1.165, 1.54) is 22.3 Å². The smallest absolute Gasteiger partial charge is 0.541 e. The van der Waals surface area contributed by atoms with E-state index in [1.54, 1.807) is 0 Å². The predicted molar refractivity (Wildman–Crippen MR) is 139 cm³/mol. The summed E-state index contributed by atoms with van der Waals surface area (Å²) >= 11 is 0. The van der Waals surface area contributed by atoms with Gasteiger partial charge in [-0.05, 0) is 25.7 Å². The zero-order valence-electron chi connectivity index (χ0n) is 19.7. The maximum atomic E-state index is 11.0. The van der Waals surface area contributed by atoms with Gasteiger partial charge >= 0.3 is 20.4 Å². The standard InChI is InChI=1S/2C16H15O.Pd/c2*17-13-16(11-14-7-3-1-4-8-14)12-15-9-5-2-6-10-15;/h2*1-10,16H,11-12H2;/q2*-1;+2. The van der Waals surface area contributed by atoms with E-state index in [0.29, 0.717) is 0 Å². The first-order chi connectivity index (χ1) is 16.8. The summed E-state index contributed by atoms with van der Waals surface area (Å²) in [5, 5.41) is 0. The molecule has 4 aromatic carbocycles. The van der Waals surface area contributed by atoms with Crippen molar-refractivity contribution >= 4 is 12.6 Å². The molecule has 0 aliphatic rings. The zero-order chi connectivity index (χ0) is 23.8. The van der Waals surface area contributed by atoms with Crippen LogP contribution in [-0.2, 0) is 55.7 Å². The van der Waals surface area contributed by atoms with Gasteiger partial charge in [0.2, 0.25) is 0 Å². The summed E-state index contributed by atoms with van der Waals surface area (Å²) in [6.45, 7) is 0. The molecule has 0 amide bonds. The molecule has 0 heterocycles. The van der Waals surface area contributed by atoms with Crippen molar-refractivity contribution in [3.8, 4) is 0 Å². The first-order valence-electron chi connectivity index (χ1n) is 11.7. The molecule has 0 aliphatic heterocycles. The summed E-state index contributed by atoms with van der Waals surface area (Å²) in [7, 11) is 0. The van der Waals surface area contributed by atoms with Crippen molar-refractivity contribution in [3.63, 3.8) is 0 Å². The Balaban J connectivity index is 0.000000240. The predicted octanol–water partition coefficient (Wildman–Crippen LogP) is 6.39. The number of carbonyl (C=O) groups excluding carboxylic acids is 2. The Hall–Kier alpha value is -3.12. The Morgan fingerprint density at radius 1 is 0.400 bits per heavy atom. The third-order valence-electron chi connectivity index (χ3n) is 5.63. The molecule has 4 aromatic rings. The topological polar surface area (TPSA) is 34.1 Å². The third-order valence-corrected chi connectivity index (χ3v) is 5.63. The molecule has 0 aromatic heterocycles. The fraction of sp³-hybridized carbons (Fsp3) is 0.188. The minimum absolute atomic E-state index is 0. The Bertz CT molecular complexity index is 909. The Morgan fingerprint density at radius 2 is 0.600 bits per heavy atom. The Kier molecular flexibility index (Phi) is 13.3. The molecule has 0 unspecified atom stereocenters. The monoisotopic (exact) mass is 552 g/mol. The summed E-state index contributed by atoms with van der Waals surface area (Å²) < 4.78 is 0. The van der Waals surface area contributed by atoms with Crippen molar-refractivity contribution in [2.24, 2.45) is 11.8 Å². The maximum absolute atomic E-state index is 11.0. The van der Waals surface area contributed by atoms with Crippen LogP contribution < -0.4 is 0 Å². The van der Waals surface area contributed by atoms with Crippen LogP contribution in [0.5, 0.6) is 0 Å². The number of benzene rings is 4. The number of rotatable bonds is 10. The molecule has 0 fully saturated rings. The molecule has 0 N–H and O–H groups in total. The van der Waals surface area contributed by atoms with Gasteiger partial charge in [-0.2, -0.15) is 0 Å². The van der Waals surface area contributed by atoms with Crippen LogP contribution in [0.3, 0.4) is 0 Å². The van der Waals surface area contributed by atoms with Gasteiger partial charge in [0.25, 0.3) is 0 Å². The van der Waals surface area contributed by atoms with Crippen molar-refractivity contribution in [2.75, 3.05) is 0 Å². The van der Waals surface area contributed by atoms with E-state index in [4.69, 9.17) is 0 Å². The molecule has 4 rings (SSSR count). The van der Waals surface area contributed by atoms with E-state index in [9.17, 15) is 9.59 Å². The van der Waals surface area contributed by atoms with E-state index in [0.717, 1.165) is 25.7 Å². The van der Waals surface area contributed by atoms with Crippen LogP contribution in [0, 0.1) is 11.8 Å². The normalized spacial score (nSPS) is 10.1. The van der Waals surface area contributed by atoms with E-state index in [2.05, 4.69) is 61.1 Å². The molecule has 2 nitrogen and oxygen atoms in total. The minimum atomic E-state index is -0.0557. The van der Waals surface area contributed by atoms with Crippen molar-refractivity contribution in [1.29, 1.82) is 0 Å². The molecule has 0 radical (unpaired) electrons. The van der Waals surface area contributed by atoms with Crippen molar-refractivity contribution in [2.45, 2.75) is 25.7 Å². The van der Waals surface area contributed by atoms with Gasteiger partial charge in [0.15, 0.2) is 0 Å². The second kappa shape index (κ2) is 16.5. The maximum Gasteiger partial charge on any atom is 2.00 e. The molecule has 35 heavy (non-hydrogen) atoms. The summed E-state index contributed by atoms with van der Waals surface area (Å²) in [5.74, 6) is -0.111. The van der Waals surface area contributed by atoms with Crippen LogP contribution in [-0.4, -0.2) is 12.6 Å². The van der Waals surface area contributed by atoms with Gasteiger partial charge in [0, 0.05) is 0 Å². The van der Waals surface area contributed by atoms with Crippen molar-refractivity contribution < 1.29 is 30.0 Å². The van der Waals surface area contributed by atoms with Gasteiger partial charge < -0.3 is 9.59 Å². The summed E-state index contributed by atoms with van der Waals surface area (Å²) in [5.41, 5.74) is 4.77. The summed E-state index contributed by atoms with van der Waals surface area (Å²) in [6.07, 6.45) is 7.35. The van der Waals surface area contributed by atoms with Crippen molar-refractivity contribution in [3.05, 3.63) is 144 Å². The Labute approximate surface area is 223 Å². The molecule has 0 aliphatic carbocycles. The van der Waals surface area contributed by atoms with Gasteiger partial charge in [-0.3, -0.25) is 12.6 Å². The second-order valence-corrected chi connectivity index (χ2v) is 8.39. The molecule has 3 heteroatoms. The van der Waals surface area contributed by atoms with Crippen LogP contribution in [0.2, 0.25) is 0 Å². The Morgan fingerprint density at radius 3 is 0.771 bits per heavy atom. The molecule has 0 bridgehead atoms. The van der Waals surface area contributed by atoms with Gasteiger partial charge in [0.1, 0.15) is 0 Å². The third kappa shape index (κ3) is 10.8. The largest absolute Gasteiger partial charge is 2.00 e. The van der Waals surface area contributed by atoms with Gasteiger partial charge in [0.05, 0.1) is 0 Å². The van der Waals surface area contributed by atoms with E-state index >= 15 is 0 Å². The van der Waals surface area contributed by atoms with E-state index < -0.39 is 0 Å². The van der Waals surface area contributed by atoms with Gasteiger partial charge in [-0.1, -0.05) is 144 Å². The molecule has 0 saturated heterocycles. The van der Waals surface area contributed by atoms with Crippen LogP contribution in [0.1, 0.15) is 22.3 Å². The van der Waals surface area contributed by atoms with Crippen LogP contribution in [0.25, 0.3) is 0 Å². The number of hydrogen-bond donors (Lipinski definition) is 0. The molecule has 0 saturated carbocycles. The molecule has 0 spiro atoms. The second-order valence-electron chi connectivity index (χ2n) is 8.39. The molecule has 180 valence electrons. The minimum Gasteiger partial charge on any atom is -0.541 e. The first kappa shape index (κ1) is 28.1. The van der Waals surface area contributed by atoms with E-state index in [-0.39, 0.29) is 32.3 Å². The average Bonchev–Trinajstić information content (AvgIpc) is 2.91. The van der Waals surface area contributed by atoms with Gasteiger partial charge in [-0.15, -0.1) is 11.8 Å². The summed E-state index contributed by atoms with van der Waals surface area (Å²) in [6, 6.07) is 40.4. The molecular formula is C32H30O2Pd. The quantitative estimate of drug-likeness (QED) is 0.169. The average molecular weight is 553 g/mol. The van der Waals surface area contributed by atoms with Gasteiger partial charge in [-0.25, -0.2) is 0 Å². The van der Waals surface area contributed by atoms with Crippen LogP contribution in [0.15, 0.2) is 121 Å². The zero-order valence-corrected chi connectivity index (χ0v) is 21.2. The van der Waals surface area contributed by atoms with Crippen molar-refractivity contribution in [1.82, 2.24) is 0 Å². The fourth-order valence-corrected chi connectivity index (χ4v) is 3.91. The number of hydrogen-bond acceptors (Lipinski definition) is 2. The van der Waals surface area contributed by atoms with Crippen LogP contribution in [0.4, 0.5) is 0 Å². The van der Waals surface area contributed by atoms with E-state index in [1.807, 2.05) is 72.8 Å². The molecule has 0 atom stereocenters. The summed E-state index contributed by atoms with van der Waals surface area (Å²) in [4.78, 5) is 22.0. The molecular weight excluding hydrogens is 523 g/mol. The first-order valence-corrected chi connectivity index (χ1v) is 11.7. The fourth-order valence-electron chi connectivity index (χ4n) is 3.91.